The molecule has 1 saturated carbocycles. The van der Waals surface area contributed by atoms with E-state index in [0.29, 0.717) is 0 Å². The van der Waals surface area contributed by atoms with Gasteiger partial charge in [0.05, 0.1) is 34.7 Å². The molecule has 0 N–H and O–H groups in total. The standard InChI is InChI=1S/C29H17N3O2S2/c1-34-27(33)29(14-32)23-18-9-5-4-8-17(18)22(28(29,12-30)13-31)21-25(23)36-24-19-10-15-6-2-3-7-16(15)11-20(19)35-26(21)24/h2-11,17-18,22-23H,1H3/t17?,18?,22-,23+,29?/m0/s1. The number of ether oxygens (including phenoxy) is 1. The monoisotopic (exact) mass is 503 g/mol. The Morgan fingerprint density at radius 3 is 2.22 bits per heavy atom. The zero-order valence-electron chi connectivity index (χ0n) is 19.1. The summed E-state index contributed by atoms with van der Waals surface area (Å²) in [6.07, 6.45) is 7.93. The third kappa shape index (κ3) is 2.17. The van der Waals surface area contributed by atoms with Crippen molar-refractivity contribution in [1.29, 1.82) is 15.8 Å². The molecule has 2 bridgehead atoms. The molecule has 4 aromatic rings. The summed E-state index contributed by atoms with van der Waals surface area (Å²) in [7, 11) is 1.23. The van der Waals surface area contributed by atoms with Crippen LogP contribution in [0, 0.1) is 56.7 Å². The van der Waals surface area contributed by atoms with E-state index < -0.39 is 28.6 Å². The molecule has 4 aliphatic carbocycles. The van der Waals surface area contributed by atoms with E-state index in [0.717, 1.165) is 40.7 Å². The first kappa shape index (κ1) is 21.3. The molecule has 0 amide bonds. The van der Waals surface area contributed by atoms with Crippen molar-refractivity contribution in [3.63, 3.8) is 0 Å². The minimum Gasteiger partial charge on any atom is -0.468 e. The van der Waals surface area contributed by atoms with Gasteiger partial charge in [-0.25, -0.2) is 0 Å². The summed E-state index contributed by atoms with van der Waals surface area (Å²) < 4.78 is 8.46. The number of esters is 1. The number of nitrogens with zero attached hydrogens (tertiary/aromatic N) is 3. The normalized spacial score (nSPS) is 28.8. The van der Waals surface area contributed by atoms with Crippen LogP contribution in [-0.4, -0.2) is 13.1 Å². The third-order valence-electron chi connectivity index (χ3n) is 8.41. The lowest BCUT2D eigenvalue weighted by molar-refractivity contribution is -0.161. The van der Waals surface area contributed by atoms with E-state index >= 15 is 0 Å². The molecule has 172 valence electrons. The second kappa shape index (κ2) is 7.05. The molecule has 0 spiro atoms. The maximum atomic E-state index is 13.5. The SMILES string of the molecule is COC(=O)C1(C#N)[C@H]2c3sc4c(sc5cc6ccccc6cc54)c3[C@H](C3C=CC=CC32)C1(C#N)C#N. The van der Waals surface area contributed by atoms with E-state index in [1.54, 1.807) is 22.7 Å². The number of carbonyl (C=O) groups excluding carboxylic acids is 1. The second-order valence-corrected chi connectivity index (χ2v) is 11.8. The fourth-order valence-electron chi connectivity index (χ4n) is 6.99. The second-order valence-electron chi connectivity index (χ2n) is 9.66. The Balaban J connectivity index is 1.64. The highest BCUT2D eigenvalue weighted by Crippen LogP contribution is 2.74. The number of hydrogen-bond acceptors (Lipinski definition) is 7. The molecule has 36 heavy (non-hydrogen) atoms. The Kier molecular flexibility index (Phi) is 4.18. The van der Waals surface area contributed by atoms with E-state index in [4.69, 9.17) is 4.74 Å². The van der Waals surface area contributed by atoms with Crippen LogP contribution in [0.5, 0.6) is 0 Å². The average molecular weight is 504 g/mol. The Labute approximate surface area is 214 Å². The van der Waals surface area contributed by atoms with Crippen LogP contribution in [0.1, 0.15) is 22.3 Å². The molecule has 7 heteroatoms. The fourth-order valence-corrected chi connectivity index (χ4v) is 10.1. The molecule has 8 rings (SSSR count). The van der Waals surface area contributed by atoms with Crippen LogP contribution in [0.15, 0.2) is 60.7 Å². The maximum absolute atomic E-state index is 13.5. The first-order valence-electron chi connectivity index (χ1n) is 11.6. The Morgan fingerprint density at radius 2 is 1.58 bits per heavy atom. The van der Waals surface area contributed by atoms with E-state index in [1.165, 1.54) is 7.11 Å². The molecule has 4 aliphatic rings. The van der Waals surface area contributed by atoms with Crippen LogP contribution in [0.4, 0.5) is 0 Å². The van der Waals surface area contributed by atoms with Crippen LogP contribution < -0.4 is 0 Å². The first-order valence-corrected chi connectivity index (χ1v) is 13.2. The summed E-state index contributed by atoms with van der Waals surface area (Å²) in [5.41, 5.74) is -2.84. The highest BCUT2D eigenvalue weighted by atomic mass is 32.1. The van der Waals surface area contributed by atoms with Crippen LogP contribution in [0.3, 0.4) is 0 Å². The Morgan fingerprint density at radius 1 is 0.917 bits per heavy atom. The Hall–Kier alpha value is -3.96. The predicted molar refractivity (Wildman–Crippen MR) is 139 cm³/mol. The number of benzene rings is 2. The van der Waals surface area contributed by atoms with Gasteiger partial charge in [-0.1, -0.05) is 48.6 Å². The zero-order valence-corrected chi connectivity index (χ0v) is 20.7. The topological polar surface area (TPSA) is 97.7 Å². The van der Waals surface area contributed by atoms with Gasteiger partial charge in [-0.2, -0.15) is 15.8 Å². The van der Waals surface area contributed by atoms with Crippen molar-refractivity contribution >= 4 is 58.9 Å². The molecule has 2 aromatic heterocycles. The van der Waals surface area contributed by atoms with Gasteiger partial charge in [-0.3, -0.25) is 4.79 Å². The zero-order chi connectivity index (χ0) is 24.8. The number of nitriles is 3. The summed E-state index contributed by atoms with van der Waals surface area (Å²) in [6.45, 7) is 0. The first-order chi connectivity index (χ1) is 17.6. The molecule has 2 heterocycles. The molecule has 3 unspecified atom stereocenters. The Bertz CT molecular complexity index is 1830. The highest BCUT2D eigenvalue weighted by Gasteiger charge is 2.77. The van der Waals surface area contributed by atoms with Gasteiger partial charge in [-0.05, 0) is 40.3 Å². The van der Waals surface area contributed by atoms with Crippen molar-refractivity contribution in [3.05, 3.63) is 71.1 Å². The van der Waals surface area contributed by atoms with Crippen molar-refractivity contribution in [2.75, 3.05) is 7.11 Å². The average Bonchev–Trinajstić information content (AvgIpc) is 3.46. The molecule has 0 radical (unpaired) electrons. The van der Waals surface area contributed by atoms with Gasteiger partial charge in [0.2, 0.25) is 0 Å². The van der Waals surface area contributed by atoms with Gasteiger partial charge in [0.1, 0.15) is 0 Å². The number of carbonyl (C=O) groups is 1. The summed E-state index contributed by atoms with van der Waals surface area (Å²) in [4.78, 5) is 14.4. The number of fused-ring (bicyclic) bond motifs is 5. The number of rotatable bonds is 1. The molecule has 0 aliphatic heterocycles. The van der Waals surface area contributed by atoms with E-state index in [-0.39, 0.29) is 11.8 Å². The van der Waals surface area contributed by atoms with Crippen molar-refractivity contribution < 1.29 is 9.53 Å². The van der Waals surface area contributed by atoms with Crippen LogP contribution >= 0.6 is 22.7 Å². The van der Waals surface area contributed by atoms with Crippen LogP contribution in [0.2, 0.25) is 0 Å². The van der Waals surface area contributed by atoms with Crippen molar-refractivity contribution in [1.82, 2.24) is 0 Å². The van der Waals surface area contributed by atoms with Crippen LogP contribution in [-0.2, 0) is 9.53 Å². The molecule has 0 saturated heterocycles. The summed E-state index contributed by atoms with van der Waals surface area (Å²) in [5.74, 6) is -2.43. The molecule has 1 fully saturated rings. The number of hydrogen-bond donors (Lipinski definition) is 0. The quantitative estimate of drug-likeness (QED) is 0.275. The minimum atomic E-state index is -1.92. The predicted octanol–water partition coefficient (Wildman–Crippen LogP) is 6.54. The molecule has 5 nitrogen and oxygen atoms in total. The lowest BCUT2D eigenvalue weighted by Gasteiger charge is -2.59. The molecular formula is C29H17N3O2S2. The van der Waals surface area contributed by atoms with Gasteiger partial charge in [0.25, 0.3) is 0 Å². The van der Waals surface area contributed by atoms with Crippen LogP contribution in [0.25, 0.3) is 30.3 Å². The maximum Gasteiger partial charge on any atom is 0.329 e. The number of methoxy groups -OCH3 is 1. The lowest BCUT2D eigenvalue weighted by Crippen LogP contribution is -2.63. The minimum absolute atomic E-state index is 0.167. The molecule has 2 aromatic carbocycles. The number of thiophene rings is 2. The summed E-state index contributed by atoms with van der Waals surface area (Å²) in [5, 5.41) is 35.2. The third-order valence-corrected chi connectivity index (χ3v) is 11.0. The van der Waals surface area contributed by atoms with Crippen molar-refractivity contribution in [2.24, 2.45) is 22.7 Å². The largest absolute Gasteiger partial charge is 0.468 e. The summed E-state index contributed by atoms with van der Waals surface area (Å²) in [6, 6.07) is 19.2. The number of allylic oxidation sites excluding steroid dienone is 4. The van der Waals surface area contributed by atoms with Crippen molar-refractivity contribution in [2.45, 2.75) is 11.8 Å². The fraction of sp³-hybridized carbons (Fsp3) is 0.241. The summed E-state index contributed by atoms with van der Waals surface area (Å²) >= 11 is 3.28. The van der Waals surface area contributed by atoms with E-state index in [9.17, 15) is 20.6 Å². The lowest BCUT2D eigenvalue weighted by atomic mass is 9.38. The van der Waals surface area contributed by atoms with Gasteiger partial charge < -0.3 is 4.74 Å². The smallest absolute Gasteiger partial charge is 0.329 e. The van der Waals surface area contributed by atoms with E-state index in [2.05, 4.69) is 42.5 Å². The van der Waals surface area contributed by atoms with Gasteiger partial charge in [-0.15, -0.1) is 22.7 Å². The van der Waals surface area contributed by atoms with Gasteiger partial charge in [0, 0.05) is 26.8 Å². The molecular weight excluding hydrogens is 486 g/mol. The van der Waals surface area contributed by atoms with Gasteiger partial charge in [0.15, 0.2) is 10.8 Å². The van der Waals surface area contributed by atoms with Crippen molar-refractivity contribution in [3.8, 4) is 18.2 Å². The van der Waals surface area contributed by atoms with Gasteiger partial charge >= 0.3 is 5.97 Å². The highest BCUT2D eigenvalue weighted by molar-refractivity contribution is 7.33. The van der Waals surface area contributed by atoms with E-state index in [1.807, 2.05) is 36.4 Å². The molecule has 5 atom stereocenters.